The van der Waals surface area contributed by atoms with E-state index in [0.717, 1.165) is 5.56 Å². The molecule has 0 saturated carbocycles. The molecule has 0 amide bonds. The molecule has 0 aromatic heterocycles. The molecule has 0 bridgehead atoms. The summed E-state index contributed by atoms with van der Waals surface area (Å²) in [5.74, 6) is 0.293. The van der Waals surface area contributed by atoms with Crippen LogP contribution in [0.2, 0.25) is 0 Å². The fourth-order valence-corrected chi connectivity index (χ4v) is 2.11. The maximum absolute atomic E-state index is 10.9. The summed E-state index contributed by atoms with van der Waals surface area (Å²) in [6.45, 7) is 8.04. The highest BCUT2D eigenvalue weighted by atomic mass is 16.5. The third-order valence-electron chi connectivity index (χ3n) is 3.41. The van der Waals surface area contributed by atoms with E-state index in [0.29, 0.717) is 23.7 Å². The lowest BCUT2D eigenvalue weighted by Crippen LogP contribution is -2.06. The number of anilines is 1. The average Bonchev–Trinajstić information content (AvgIpc) is 2.72. The molecule has 1 N–H and O–H groups in total. The van der Waals surface area contributed by atoms with Gasteiger partial charge in [0, 0.05) is 6.20 Å². The van der Waals surface area contributed by atoms with Crippen molar-refractivity contribution in [3.8, 4) is 11.5 Å². The number of carboxylic acid groups (broad SMARTS) is 1. The summed E-state index contributed by atoms with van der Waals surface area (Å²) < 4.78 is 10.4. The van der Waals surface area contributed by atoms with Crippen LogP contribution in [-0.4, -0.2) is 25.3 Å². The summed E-state index contributed by atoms with van der Waals surface area (Å²) in [6, 6.07) is 11.8. The van der Waals surface area contributed by atoms with Crippen molar-refractivity contribution in [1.29, 1.82) is 0 Å². The van der Waals surface area contributed by atoms with Gasteiger partial charge in [-0.3, -0.25) is 0 Å². The number of benzene rings is 2. The van der Waals surface area contributed by atoms with Gasteiger partial charge < -0.3 is 14.6 Å². The highest BCUT2D eigenvalue weighted by molar-refractivity contribution is 5.88. The Hall–Kier alpha value is -3.35. The molecular formula is C20H25N3O4. The molecule has 0 aliphatic carbocycles. The maximum Gasteiger partial charge on any atom is 0.335 e. The van der Waals surface area contributed by atoms with Gasteiger partial charge in [0.25, 0.3) is 0 Å². The number of hydrogen-bond acceptors (Lipinski definition) is 5. The van der Waals surface area contributed by atoms with Crippen LogP contribution in [0, 0.1) is 0 Å². The number of hydrogen-bond donors (Lipinski definition) is 1. The van der Waals surface area contributed by atoms with Crippen molar-refractivity contribution in [2.45, 2.75) is 20.4 Å². The van der Waals surface area contributed by atoms with Gasteiger partial charge in [-0.05, 0) is 42.0 Å². The predicted molar refractivity (Wildman–Crippen MR) is 106 cm³/mol. The normalized spacial score (nSPS) is 9.93. The first-order valence-corrected chi connectivity index (χ1v) is 8.42. The van der Waals surface area contributed by atoms with Gasteiger partial charge in [-0.15, -0.1) is 0 Å². The highest BCUT2D eigenvalue weighted by Gasteiger charge is 2.06. The van der Waals surface area contributed by atoms with E-state index >= 15 is 0 Å². The Balaban J connectivity index is 0.00000176. The van der Waals surface area contributed by atoms with Gasteiger partial charge >= 0.3 is 5.97 Å². The van der Waals surface area contributed by atoms with Crippen molar-refractivity contribution >= 4 is 11.7 Å². The van der Waals surface area contributed by atoms with Crippen LogP contribution in [0.25, 0.3) is 0 Å². The number of carbonyl (C=O) groups is 1. The average molecular weight is 371 g/mol. The molecule has 0 radical (unpaired) electrons. The monoisotopic (exact) mass is 371 g/mol. The summed E-state index contributed by atoms with van der Waals surface area (Å²) in [4.78, 5) is 10.9. The molecule has 7 nitrogen and oxygen atoms in total. The molecule has 2 aromatic rings. The number of rotatable bonds is 8. The molecule has 0 unspecified atom stereocenters. The van der Waals surface area contributed by atoms with Crippen LogP contribution in [0.1, 0.15) is 29.8 Å². The van der Waals surface area contributed by atoms with Crippen LogP contribution in [0.15, 0.2) is 65.6 Å². The SMILES string of the molecule is C=CN(N=NCc1ccc(OC)c(OC)c1)c1ccc(C(=O)O)cc1.CC. The molecule has 2 rings (SSSR count). The molecule has 7 heteroatoms. The van der Waals surface area contributed by atoms with Crippen LogP contribution < -0.4 is 14.5 Å². The minimum absolute atomic E-state index is 0.204. The Bertz CT molecular complexity index is 773. The van der Waals surface area contributed by atoms with E-state index in [9.17, 15) is 4.79 Å². The summed E-state index contributed by atoms with van der Waals surface area (Å²) in [6.07, 6.45) is 1.49. The predicted octanol–water partition coefficient (Wildman–Crippen LogP) is 4.95. The van der Waals surface area contributed by atoms with Gasteiger partial charge in [0.1, 0.15) is 0 Å². The Morgan fingerprint density at radius 2 is 1.74 bits per heavy atom. The van der Waals surface area contributed by atoms with Gasteiger partial charge in [0.15, 0.2) is 11.5 Å². The van der Waals surface area contributed by atoms with E-state index in [2.05, 4.69) is 16.9 Å². The third kappa shape index (κ3) is 6.14. The number of methoxy groups -OCH3 is 2. The lowest BCUT2D eigenvalue weighted by Gasteiger charge is -2.12. The van der Waals surface area contributed by atoms with E-state index in [1.807, 2.05) is 26.0 Å². The molecule has 0 aliphatic rings. The third-order valence-corrected chi connectivity index (χ3v) is 3.41. The summed E-state index contributed by atoms with van der Waals surface area (Å²) in [5, 5.41) is 18.6. The van der Waals surface area contributed by atoms with E-state index in [1.54, 1.807) is 32.4 Å². The minimum Gasteiger partial charge on any atom is -0.493 e. The first-order valence-electron chi connectivity index (χ1n) is 8.42. The van der Waals surface area contributed by atoms with Gasteiger partial charge in [0.05, 0.1) is 32.0 Å². The standard InChI is InChI=1S/C18H19N3O4.C2H6/c1-4-21(15-8-6-14(7-9-15)18(22)23)20-19-12-13-5-10-16(24-2)17(11-13)25-3;1-2/h4-11H,1,12H2,2-3H3,(H,22,23);1-2H3. The molecule has 0 spiro atoms. The lowest BCUT2D eigenvalue weighted by molar-refractivity contribution is 0.0697. The number of ether oxygens (including phenoxy) is 2. The number of aromatic carboxylic acids is 1. The maximum atomic E-state index is 10.9. The van der Waals surface area contributed by atoms with E-state index in [-0.39, 0.29) is 5.56 Å². The van der Waals surface area contributed by atoms with Crippen molar-refractivity contribution in [2.75, 3.05) is 19.2 Å². The number of carboxylic acids is 1. The zero-order chi connectivity index (χ0) is 20.2. The van der Waals surface area contributed by atoms with Crippen molar-refractivity contribution in [3.63, 3.8) is 0 Å². The minimum atomic E-state index is -0.980. The van der Waals surface area contributed by atoms with Crippen molar-refractivity contribution in [3.05, 3.63) is 66.4 Å². The Labute approximate surface area is 159 Å². The largest absolute Gasteiger partial charge is 0.493 e. The molecule has 144 valence electrons. The van der Waals surface area contributed by atoms with Gasteiger partial charge in [-0.25, -0.2) is 9.80 Å². The molecule has 0 heterocycles. The molecule has 0 saturated heterocycles. The first-order chi connectivity index (χ1) is 13.1. The highest BCUT2D eigenvalue weighted by Crippen LogP contribution is 2.27. The second-order valence-corrected chi connectivity index (χ2v) is 4.96. The van der Waals surface area contributed by atoms with E-state index in [4.69, 9.17) is 14.6 Å². The van der Waals surface area contributed by atoms with Gasteiger partial charge in [-0.2, -0.15) is 5.11 Å². The van der Waals surface area contributed by atoms with Crippen LogP contribution in [0.5, 0.6) is 11.5 Å². The Morgan fingerprint density at radius 3 is 2.26 bits per heavy atom. The lowest BCUT2D eigenvalue weighted by atomic mass is 10.2. The van der Waals surface area contributed by atoms with Crippen LogP contribution in [0.3, 0.4) is 0 Å². The molecule has 0 aliphatic heterocycles. The quantitative estimate of drug-likeness (QED) is 0.524. The fourth-order valence-electron chi connectivity index (χ4n) is 2.11. The fraction of sp³-hybridized carbons (Fsp3) is 0.250. The molecule has 0 fully saturated rings. The zero-order valence-electron chi connectivity index (χ0n) is 16.0. The summed E-state index contributed by atoms with van der Waals surface area (Å²) >= 11 is 0. The molecular weight excluding hydrogens is 346 g/mol. The first kappa shape index (κ1) is 21.7. The molecule has 2 aromatic carbocycles. The van der Waals surface area contributed by atoms with Crippen molar-refractivity contribution in [1.82, 2.24) is 0 Å². The van der Waals surface area contributed by atoms with Crippen LogP contribution in [-0.2, 0) is 6.54 Å². The summed E-state index contributed by atoms with van der Waals surface area (Å²) in [5.41, 5.74) is 1.78. The number of nitrogens with zero attached hydrogens (tertiary/aromatic N) is 3. The topological polar surface area (TPSA) is 83.7 Å². The van der Waals surface area contributed by atoms with Crippen molar-refractivity contribution in [2.24, 2.45) is 10.3 Å². The zero-order valence-corrected chi connectivity index (χ0v) is 16.0. The smallest absolute Gasteiger partial charge is 0.335 e. The summed E-state index contributed by atoms with van der Waals surface area (Å²) in [7, 11) is 3.15. The van der Waals surface area contributed by atoms with Crippen LogP contribution >= 0.6 is 0 Å². The molecule has 0 atom stereocenters. The van der Waals surface area contributed by atoms with Crippen LogP contribution in [0.4, 0.5) is 5.69 Å². The Morgan fingerprint density at radius 1 is 1.11 bits per heavy atom. The van der Waals surface area contributed by atoms with Gasteiger partial charge in [0.2, 0.25) is 0 Å². The van der Waals surface area contributed by atoms with E-state index in [1.165, 1.54) is 23.3 Å². The van der Waals surface area contributed by atoms with E-state index < -0.39 is 5.97 Å². The van der Waals surface area contributed by atoms with Gasteiger partial charge in [-0.1, -0.05) is 31.7 Å². The molecule has 27 heavy (non-hydrogen) atoms. The second kappa shape index (κ2) is 11.3. The Kier molecular flexibility index (Phi) is 9.08. The van der Waals surface area contributed by atoms with Crippen molar-refractivity contribution < 1.29 is 19.4 Å². The second-order valence-electron chi connectivity index (χ2n) is 4.96.